The number of benzene rings is 1. The van der Waals surface area contributed by atoms with E-state index in [2.05, 4.69) is 10.6 Å². The van der Waals surface area contributed by atoms with Crippen LogP contribution in [0.1, 0.15) is 37.8 Å². The lowest BCUT2D eigenvalue weighted by Crippen LogP contribution is -2.51. The second kappa shape index (κ2) is 10.2. The average molecular weight is 389 g/mol. The molecule has 28 heavy (non-hydrogen) atoms. The van der Waals surface area contributed by atoms with Gasteiger partial charge in [-0.05, 0) is 58.2 Å². The van der Waals surface area contributed by atoms with E-state index < -0.39 is 6.04 Å². The number of nitrogens with one attached hydrogen (secondary N) is 2. The molecule has 2 atom stereocenters. The summed E-state index contributed by atoms with van der Waals surface area (Å²) in [7, 11) is 0. The third-order valence-electron chi connectivity index (χ3n) is 5.17. The summed E-state index contributed by atoms with van der Waals surface area (Å²) in [6.45, 7) is 8.97. The van der Waals surface area contributed by atoms with Crippen molar-refractivity contribution in [2.45, 2.75) is 46.6 Å². The van der Waals surface area contributed by atoms with Gasteiger partial charge in [0.05, 0.1) is 25.1 Å². The van der Waals surface area contributed by atoms with Crippen molar-refractivity contribution >= 4 is 23.5 Å². The lowest BCUT2D eigenvalue weighted by molar-refractivity contribution is -0.151. The highest BCUT2D eigenvalue weighted by molar-refractivity contribution is 5.96. The van der Waals surface area contributed by atoms with Crippen molar-refractivity contribution in [3.05, 3.63) is 29.3 Å². The number of piperidine rings is 1. The molecule has 2 amide bonds. The first-order chi connectivity index (χ1) is 13.3. The summed E-state index contributed by atoms with van der Waals surface area (Å²) in [5, 5.41) is 5.56. The van der Waals surface area contributed by atoms with Gasteiger partial charge in [0.15, 0.2) is 0 Å². The summed E-state index contributed by atoms with van der Waals surface area (Å²) in [6.07, 6.45) is 1.62. The number of hydrogen-bond acceptors (Lipinski definition) is 5. The highest BCUT2D eigenvalue weighted by atomic mass is 16.5. The highest BCUT2D eigenvalue weighted by Crippen LogP contribution is 2.20. The Labute approximate surface area is 166 Å². The molecule has 0 aromatic heterocycles. The number of likely N-dealkylation sites (tertiary alicyclic amines) is 1. The second-order valence-corrected chi connectivity index (χ2v) is 7.29. The zero-order valence-corrected chi connectivity index (χ0v) is 17.2. The van der Waals surface area contributed by atoms with Crippen molar-refractivity contribution in [1.29, 1.82) is 0 Å². The van der Waals surface area contributed by atoms with Gasteiger partial charge in [-0.1, -0.05) is 18.2 Å². The van der Waals surface area contributed by atoms with Crippen LogP contribution in [0.4, 0.5) is 5.69 Å². The largest absolute Gasteiger partial charge is 0.466 e. The summed E-state index contributed by atoms with van der Waals surface area (Å²) in [4.78, 5) is 38.7. The van der Waals surface area contributed by atoms with Crippen molar-refractivity contribution in [1.82, 2.24) is 10.2 Å². The minimum atomic E-state index is -0.412. The van der Waals surface area contributed by atoms with Crippen LogP contribution >= 0.6 is 0 Å². The fraction of sp³-hybridized carbons (Fsp3) is 0.571. The first-order valence-electron chi connectivity index (χ1n) is 9.88. The number of rotatable bonds is 7. The molecule has 154 valence electrons. The van der Waals surface area contributed by atoms with Gasteiger partial charge in [0.1, 0.15) is 0 Å². The third kappa shape index (κ3) is 5.79. The van der Waals surface area contributed by atoms with Crippen LogP contribution in [0.25, 0.3) is 0 Å². The molecular weight excluding hydrogens is 358 g/mol. The Bertz CT molecular complexity index is 699. The third-order valence-corrected chi connectivity index (χ3v) is 5.17. The molecule has 1 heterocycles. The summed E-state index contributed by atoms with van der Waals surface area (Å²) in [5.74, 6) is -0.883. The molecule has 0 bridgehead atoms. The van der Waals surface area contributed by atoms with E-state index in [1.165, 1.54) is 0 Å². The number of aryl methyl sites for hydroxylation is 2. The standard InChI is InChI=1S/C21H31N3O4/c1-5-28-21(27)17-10-7-11-24(13-17)16(4)20(26)22-12-18(25)23-19-14(2)8-6-9-15(19)3/h6,8-9,16-17H,5,7,10-13H2,1-4H3,(H,22,26)(H,23,25)/t16-,17-/m1/s1. The SMILES string of the molecule is CCOC(=O)[C@@H]1CCCN([C@H](C)C(=O)NCC(=O)Nc2c(C)cccc2C)C1. The van der Waals surface area contributed by atoms with Crippen LogP contribution in [0.2, 0.25) is 0 Å². The number of carbonyl (C=O) groups excluding carboxylic acids is 3. The fourth-order valence-electron chi connectivity index (χ4n) is 3.49. The number of anilines is 1. The van der Waals surface area contributed by atoms with Gasteiger partial charge in [-0.3, -0.25) is 19.3 Å². The van der Waals surface area contributed by atoms with E-state index in [9.17, 15) is 14.4 Å². The number of carbonyl (C=O) groups is 3. The van der Waals surface area contributed by atoms with Crippen LogP contribution in [0.15, 0.2) is 18.2 Å². The van der Waals surface area contributed by atoms with Crippen molar-refractivity contribution in [2.24, 2.45) is 5.92 Å². The summed E-state index contributed by atoms with van der Waals surface area (Å²) in [5.41, 5.74) is 2.74. The van der Waals surface area contributed by atoms with Gasteiger partial charge in [0, 0.05) is 12.2 Å². The molecule has 1 aromatic carbocycles. The zero-order valence-electron chi connectivity index (χ0n) is 17.2. The second-order valence-electron chi connectivity index (χ2n) is 7.29. The Kier molecular flexibility index (Phi) is 7.99. The first-order valence-corrected chi connectivity index (χ1v) is 9.88. The molecule has 0 saturated carbocycles. The van der Waals surface area contributed by atoms with E-state index in [1.54, 1.807) is 13.8 Å². The number of nitrogens with zero attached hydrogens (tertiary/aromatic N) is 1. The normalized spacial score (nSPS) is 18.2. The van der Waals surface area contributed by atoms with Gasteiger partial charge in [-0.15, -0.1) is 0 Å². The molecule has 0 spiro atoms. The van der Waals surface area contributed by atoms with Gasteiger partial charge in [0.2, 0.25) is 11.8 Å². The van der Waals surface area contributed by atoms with Crippen molar-refractivity contribution in [3.8, 4) is 0 Å². The zero-order chi connectivity index (χ0) is 20.7. The summed E-state index contributed by atoms with van der Waals surface area (Å²) >= 11 is 0. The maximum absolute atomic E-state index is 12.5. The first kappa shape index (κ1) is 21.9. The van der Waals surface area contributed by atoms with Crippen molar-refractivity contribution in [2.75, 3.05) is 31.6 Å². The Morgan fingerprint density at radius 3 is 2.57 bits per heavy atom. The molecule has 0 aliphatic carbocycles. The van der Waals surface area contributed by atoms with Gasteiger partial charge in [-0.25, -0.2) is 0 Å². The molecule has 0 radical (unpaired) electrons. The molecule has 1 aromatic rings. The minimum Gasteiger partial charge on any atom is -0.466 e. The predicted molar refractivity (Wildman–Crippen MR) is 108 cm³/mol. The smallest absolute Gasteiger partial charge is 0.310 e. The molecule has 1 aliphatic rings. The van der Waals surface area contributed by atoms with Crippen molar-refractivity contribution < 1.29 is 19.1 Å². The number of ether oxygens (including phenoxy) is 1. The highest BCUT2D eigenvalue weighted by Gasteiger charge is 2.31. The molecular formula is C21H31N3O4. The quantitative estimate of drug-likeness (QED) is 0.697. The van der Waals surface area contributed by atoms with E-state index >= 15 is 0 Å². The lowest BCUT2D eigenvalue weighted by atomic mass is 9.97. The van der Waals surface area contributed by atoms with Crippen LogP contribution < -0.4 is 10.6 Å². The number of hydrogen-bond donors (Lipinski definition) is 2. The van der Waals surface area contributed by atoms with Crippen LogP contribution in [-0.4, -0.2) is 55.0 Å². The molecule has 0 unspecified atom stereocenters. The molecule has 1 aliphatic heterocycles. The van der Waals surface area contributed by atoms with Gasteiger partial charge in [0.25, 0.3) is 0 Å². The Morgan fingerprint density at radius 1 is 1.25 bits per heavy atom. The Hall–Kier alpha value is -2.41. The number of amides is 2. The van der Waals surface area contributed by atoms with Gasteiger partial charge < -0.3 is 15.4 Å². The topological polar surface area (TPSA) is 87.7 Å². The van der Waals surface area contributed by atoms with Gasteiger partial charge >= 0.3 is 5.97 Å². The van der Waals surface area contributed by atoms with Crippen LogP contribution in [0, 0.1) is 19.8 Å². The van der Waals surface area contributed by atoms with E-state index in [4.69, 9.17) is 4.74 Å². The van der Waals surface area contributed by atoms with Gasteiger partial charge in [-0.2, -0.15) is 0 Å². The molecule has 7 nitrogen and oxygen atoms in total. The Morgan fingerprint density at radius 2 is 1.93 bits per heavy atom. The van der Waals surface area contributed by atoms with E-state index in [1.807, 2.05) is 36.9 Å². The molecule has 1 saturated heterocycles. The Balaban J connectivity index is 1.85. The maximum atomic E-state index is 12.5. The fourth-order valence-corrected chi connectivity index (χ4v) is 3.49. The summed E-state index contributed by atoms with van der Waals surface area (Å²) < 4.78 is 5.11. The van der Waals surface area contributed by atoms with E-state index in [-0.39, 0.29) is 30.2 Å². The molecule has 2 rings (SSSR count). The molecule has 1 fully saturated rings. The van der Waals surface area contributed by atoms with Crippen LogP contribution in [0.5, 0.6) is 0 Å². The average Bonchev–Trinajstić information content (AvgIpc) is 2.68. The summed E-state index contributed by atoms with van der Waals surface area (Å²) in [6, 6.07) is 5.38. The monoisotopic (exact) mass is 389 g/mol. The van der Waals surface area contributed by atoms with E-state index in [0.29, 0.717) is 13.2 Å². The van der Waals surface area contributed by atoms with Crippen molar-refractivity contribution in [3.63, 3.8) is 0 Å². The molecule has 7 heteroatoms. The number of esters is 1. The van der Waals surface area contributed by atoms with Crippen LogP contribution in [-0.2, 0) is 19.1 Å². The predicted octanol–water partition coefficient (Wildman–Crippen LogP) is 2.02. The van der Waals surface area contributed by atoms with Crippen LogP contribution in [0.3, 0.4) is 0 Å². The molecule has 2 N–H and O–H groups in total. The van der Waals surface area contributed by atoms with E-state index in [0.717, 1.165) is 36.2 Å². The minimum absolute atomic E-state index is 0.0912. The lowest BCUT2D eigenvalue weighted by Gasteiger charge is -2.35. The maximum Gasteiger partial charge on any atom is 0.310 e. The number of para-hydroxylation sites is 1.